The fourth-order valence-electron chi connectivity index (χ4n) is 1.44. The van der Waals surface area contributed by atoms with Crippen LogP contribution in [-0.4, -0.2) is 16.5 Å². The zero-order chi connectivity index (χ0) is 12.1. The predicted octanol–water partition coefficient (Wildman–Crippen LogP) is 3.44. The Morgan fingerprint density at radius 1 is 1.06 bits per heavy atom. The minimum absolute atomic E-state index is 0.267. The molecule has 0 bridgehead atoms. The number of aromatic nitrogens is 2. The standard InChI is InChI=1S/C12H11Cl2N3/c13-10-11(14)16-8-17-12(10)15-7-6-9-4-2-1-3-5-9/h1-5,8H,6-7H2,(H,15,16,17). The number of nitrogens with zero attached hydrogens (tertiary/aromatic N) is 2. The highest BCUT2D eigenvalue weighted by Gasteiger charge is 2.05. The summed E-state index contributed by atoms with van der Waals surface area (Å²) in [7, 11) is 0. The Morgan fingerprint density at radius 2 is 1.82 bits per heavy atom. The number of hydrogen-bond donors (Lipinski definition) is 1. The Bertz CT molecular complexity index is 488. The summed E-state index contributed by atoms with van der Waals surface area (Å²) >= 11 is 11.7. The van der Waals surface area contributed by atoms with Crippen LogP contribution in [0.1, 0.15) is 5.56 Å². The average molecular weight is 268 g/mol. The van der Waals surface area contributed by atoms with Gasteiger partial charge in [0.05, 0.1) is 0 Å². The molecule has 0 fully saturated rings. The fraction of sp³-hybridized carbons (Fsp3) is 0.167. The van der Waals surface area contributed by atoms with E-state index in [4.69, 9.17) is 23.2 Å². The highest BCUT2D eigenvalue weighted by atomic mass is 35.5. The molecule has 0 atom stereocenters. The predicted molar refractivity (Wildman–Crippen MR) is 70.7 cm³/mol. The van der Waals surface area contributed by atoms with Gasteiger partial charge in [0.25, 0.3) is 0 Å². The van der Waals surface area contributed by atoms with Crippen LogP contribution in [0.4, 0.5) is 5.82 Å². The Kier molecular flexibility index (Phi) is 4.18. The minimum atomic E-state index is 0.267. The van der Waals surface area contributed by atoms with Crippen molar-refractivity contribution in [3.05, 3.63) is 52.4 Å². The van der Waals surface area contributed by atoms with E-state index in [1.54, 1.807) is 0 Å². The lowest BCUT2D eigenvalue weighted by molar-refractivity contribution is 0.999. The van der Waals surface area contributed by atoms with Crippen molar-refractivity contribution in [2.75, 3.05) is 11.9 Å². The van der Waals surface area contributed by atoms with Gasteiger partial charge in [-0.2, -0.15) is 0 Å². The van der Waals surface area contributed by atoms with E-state index in [1.807, 2.05) is 18.2 Å². The molecule has 0 amide bonds. The molecule has 0 aliphatic carbocycles. The van der Waals surface area contributed by atoms with Gasteiger partial charge in [-0.15, -0.1) is 0 Å². The summed E-state index contributed by atoms with van der Waals surface area (Å²) in [6, 6.07) is 10.2. The summed E-state index contributed by atoms with van der Waals surface area (Å²) < 4.78 is 0. The molecule has 0 radical (unpaired) electrons. The van der Waals surface area contributed by atoms with E-state index in [9.17, 15) is 0 Å². The largest absolute Gasteiger partial charge is 0.368 e. The van der Waals surface area contributed by atoms with Crippen LogP contribution >= 0.6 is 23.2 Å². The molecule has 0 saturated carbocycles. The van der Waals surface area contributed by atoms with Gasteiger partial charge in [-0.1, -0.05) is 53.5 Å². The molecule has 2 aromatic rings. The molecule has 1 heterocycles. The van der Waals surface area contributed by atoms with E-state index in [0.29, 0.717) is 10.8 Å². The number of nitrogens with one attached hydrogen (secondary N) is 1. The molecule has 0 aliphatic rings. The van der Waals surface area contributed by atoms with Crippen molar-refractivity contribution in [3.8, 4) is 0 Å². The van der Waals surface area contributed by atoms with E-state index in [-0.39, 0.29) is 5.15 Å². The number of halogens is 2. The van der Waals surface area contributed by atoms with Crippen molar-refractivity contribution in [1.29, 1.82) is 0 Å². The van der Waals surface area contributed by atoms with Gasteiger partial charge in [0, 0.05) is 6.54 Å². The molecule has 17 heavy (non-hydrogen) atoms. The van der Waals surface area contributed by atoms with E-state index in [0.717, 1.165) is 13.0 Å². The maximum Gasteiger partial charge on any atom is 0.153 e. The molecular weight excluding hydrogens is 257 g/mol. The first-order valence-electron chi connectivity index (χ1n) is 5.21. The van der Waals surface area contributed by atoms with Gasteiger partial charge in [0.1, 0.15) is 17.2 Å². The van der Waals surface area contributed by atoms with Crippen LogP contribution in [0.25, 0.3) is 0 Å². The number of benzene rings is 1. The van der Waals surface area contributed by atoms with Gasteiger partial charge < -0.3 is 5.32 Å². The zero-order valence-corrected chi connectivity index (χ0v) is 10.5. The first-order valence-corrected chi connectivity index (χ1v) is 5.97. The molecule has 0 unspecified atom stereocenters. The summed E-state index contributed by atoms with van der Waals surface area (Å²) in [5.74, 6) is 0.572. The third-order valence-corrected chi connectivity index (χ3v) is 3.04. The number of hydrogen-bond acceptors (Lipinski definition) is 3. The lowest BCUT2D eigenvalue weighted by Crippen LogP contribution is -2.07. The molecule has 2 rings (SSSR count). The third kappa shape index (κ3) is 3.32. The fourth-order valence-corrected chi connectivity index (χ4v) is 1.74. The van der Waals surface area contributed by atoms with E-state index < -0.39 is 0 Å². The molecule has 5 heteroatoms. The molecule has 1 N–H and O–H groups in total. The van der Waals surface area contributed by atoms with E-state index >= 15 is 0 Å². The van der Waals surface area contributed by atoms with Crippen molar-refractivity contribution < 1.29 is 0 Å². The van der Waals surface area contributed by atoms with Crippen LogP contribution in [-0.2, 0) is 6.42 Å². The highest BCUT2D eigenvalue weighted by Crippen LogP contribution is 2.25. The number of anilines is 1. The van der Waals surface area contributed by atoms with E-state index in [2.05, 4.69) is 27.4 Å². The monoisotopic (exact) mass is 267 g/mol. The van der Waals surface area contributed by atoms with Gasteiger partial charge in [-0.25, -0.2) is 9.97 Å². The average Bonchev–Trinajstić information content (AvgIpc) is 2.36. The second-order valence-corrected chi connectivity index (χ2v) is 4.23. The molecule has 88 valence electrons. The summed E-state index contributed by atoms with van der Waals surface area (Å²) in [6.45, 7) is 0.747. The summed E-state index contributed by atoms with van der Waals surface area (Å²) in [6.07, 6.45) is 2.29. The van der Waals surface area contributed by atoms with Gasteiger partial charge in [0.2, 0.25) is 0 Å². The van der Waals surface area contributed by atoms with Crippen LogP contribution in [0.3, 0.4) is 0 Å². The van der Waals surface area contributed by atoms with Crippen LogP contribution in [0, 0.1) is 0 Å². The zero-order valence-electron chi connectivity index (χ0n) is 9.03. The topological polar surface area (TPSA) is 37.8 Å². The summed E-state index contributed by atoms with van der Waals surface area (Å²) in [5.41, 5.74) is 1.26. The van der Waals surface area contributed by atoms with Crippen LogP contribution < -0.4 is 5.32 Å². The van der Waals surface area contributed by atoms with Crippen LogP contribution in [0.15, 0.2) is 36.7 Å². The van der Waals surface area contributed by atoms with Gasteiger partial charge in [-0.3, -0.25) is 0 Å². The van der Waals surface area contributed by atoms with Crippen molar-refractivity contribution >= 4 is 29.0 Å². The van der Waals surface area contributed by atoms with Gasteiger partial charge >= 0.3 is 0 Å². The maximum absolute atomic E-state index is 5.96. The SMILES string of the molecule is Clc1ncnc(NCCc2ccccc2)c1Cl. The number of rotatable bonds is 4. The Labute approximate surface area is 110 Å². The van der Waals surface area contributed by atoms with Crippen molar-refractivity contribution in [1.82, 2.24) is 9.97 Å². The Morgan fingerprint density at radius 3 is 2.59 bits per heavy atom. The van der Waals surface area contributed by atoms with Crippen LogP contribution in [0.5, 0.6) is 0 Å². The molecule has 3 nitrogen and oxygen atoms in total. The summed E-state index contributed by atoms with van der Waals surface area (Å²) in [5, 5.41) is 3.77. The second-order valence-electron chi connectivity index (χ2n) is 3.49. The van der Waals surface area contributed by atoms with Crippen molar-refractivity contribution in [2.45, 2.75) is 6.42 Å². The Hall–Kier alpha value is -1.32. The van der Waals surface area contributed by atoms with Crippen molar-refractivity contribution in [3.63, 3.8) is 0 Å². The maximum atomic E-state index is 5.96. The molecular formula is C12H11Cl2N3. The molecule has 0 aliphatic heterocycles. The molecule has 1 aromatic heterocycles. The Balaban J connectivity index is 1.93. The lowest BCUT2D eigenvalue weighted by atomic mass is 10.1. The quantitative estimate of drug-likeness (QED) is 0.863. The molecule has 0 saturated heterocycles. The van der Waals surface area contributed by atoms with Crippen LogP contribution in [0.2, 0.25) is 10.2 Å². The first kappa shape index (κ1) is 12.1. The third-order valence-electron chi connectivity index (χ3n) is 2.30. The highest BCUT2D eigenvalue weighted by molar-refractivity contribution is 6.42. The molecule has 1 aromatic carbocycles. The van der Waals surface area contributed by atoms with Gasteiger partial charge in [-0.05, 0) is 12.0 Å². The first-order chi connectivity index (χ1) is 8.27. The molecule has 0 spiro atoms. The minimum Gasteiger partial charge on any atom is -0.368 e. The van der Waals surface area contributed by atoms with Crippen molar-refractivity contribution in [2.24, 2.45) is 0 Å². The lowest BCUT2D eigenvalue weighted by Gasteiger charge is -2.07. The second kappa shape index (κ2) is 5.84. The smallest absolute Gasteiger partial charge is 0.153 e. The van der Waals surface area contributed by atoms with Gasteiger partial charge in [0.15, 0.2) is 5.15 Å². The summed E-state index contributed by atoms with van der Waals surface area (Å²) in [4.78, 5) is 7.82. The normalized spacial score (nSPS) is 10.2. The van der Waals surface area contributed by atoms with E-state index in [1.165, 1.54) is 11.9 Å².